The van der Waals surface area contributed by atoms with Gasteiger partial charge in [-0.15, -0.1) is 0 Å². The molecule has 0 saturated heterocycles. The van der Waals surface area contributed by atoms with E-state index < -0.39 is 0 Å². The summed E-state index contributed by atoms with van der Waals surface area (Å²) in [6.45, 7) is 3.58. The van der Waals surface area contributed by atoms with Crippen molar-refractivity contribution in [3.63, 3.8) is 0 Å². The van der Waals surface area contributed by atoms with Crippen LogP contribution in [0.25, 0.3) is 0 Å². The molecule has 3 heteroatoms. The predicted octanol–water partition coefficient (Wildman–Crippen LogP) is 4.33. The fourth-order valence-electron chi connectivity index (χ4n) is 3.63. The molecule has 2 unspecified atom stereocenters. The van der Waals surface area contributed by atoms with Crippen molar-refractivity contribution in [2.45, 2.75) is 58.4 Å². The SMILES string of the molecule is CC(=O)Nc1cc(NC2CCCC(C3CC3)C2)ccc1C. The van der Waals surface area contributed by atoms with Crippen molar-refractivity contribution in [1.29, 1.82) is 0 Å². The number of hydrogen-bond acceptors (Lipinski definition) is 2. The Morgan fingerprint density at radius 2 is 1.95 bits per heavy atom. The van der Waals surface area contributed by atoms with Gasteiger partial charge in [0.25, 0.3) is 0 Å². The van der Waals surface area contributed by atoms with Crippen LogP contribution >= 0.6 is 0 Å². The minimum Gasteiger partial charge on any atom is -0.382 e. The number of carbonyl (C=O) groups excluding carboxylic acids is 1. The van der Waals surface area contributed by atoms with Gasteiger partial charge < -0.3 is 10.6 Å². The first kappa shape index (κ1) is 14.4. The van der Waals surface area contributed by atoms with Gasteiger partial charge in [-0.2, -0.15) is 0 Å². The second kappa shape index (κ2) is 6.08. The molecule has 21 heavy (non-hydrogen) atoms. The van der Waals surface area contributed by atoms with E-state index in [1.807, 2.05) is 6.92 Å². The number of anilines is 2. The first-order valence-corrected chi connectivity index (χ1v) is 8.26. The second-order valence-corrected chi connectivity index (χ2v) is 6.82. The summed E-state index contributed by atoms with van der Waals surface area (Å²) in [4.78, 5) is 11.3. The first-order valence-electron chi connectivity index (χ1n) is 8.26. The molecule has 2 saturated carbocycles. The molecule has 0 radical (unpaired) electrons. The standard InChI is InChI=1S/C18H26N2O/c1-12-6-9-17(11-18(12)19-13(2)21)20-16-5-3-4-15(10-16)14-7-8-14/h6,9,11,14-16,20H,3-5,7-8,10H2,1-2H3,(H,19,21). The number of hydrogen-bond donors (Lipinski definition) is 2. The third kappa shape index (κ3) is 3.78. The third-order valence-corrected chi connectivity index (χ3v) is 4.92. The highest BCUT2D eigenvalue weighted by molar-refractivity contribution is 5.90. The highest BCUT2D eigenvalue weighted by atomic mass is 16.1. The largest absolute Gasteiger partial charge is 0.382 e. The van der Waals surface area contributed by atoms with E-state index in [1.54, 1.807) is 6.92 Å². The van der Waals surface area contributed by atoms with E-state index in [4.69, 9.17) is 0 Å². The van der Waals surface area contributed by atoms with Crippen LogP contribution in [0.15, 0.2) is 18.2 Å². The Morgan fingerprint density at radius 1 is 1.14 bits per heavy atom. The van der Waals surface area contributed by atoms with Gasteiger partial charge in [0.1, 0.15) is 0 Å². The fraction of sp³-hybridized carbons (Fsp3) is 0.611. The van der Waals surface area contributed by atoms with Gasteiger partial charge in [-0.25, -0.2) is 0 Å². The third-order valence-electron chi connectivity index (χ3n) is 4.92. The van der Waals surface area contributed by atoms with Crippen LogP contribution in [-0.2, 0) is 4.79 Å². The van der Waals surface area contributed by atoms with Crippen LogP contribution in [0.1, 0.15) is 51.0 Å². The summed E-state index contributed by atoms with van der Waals surface area (Å²) in [5.74, 6) is 1.95. The molecule has 0 aliphatic heterocycles. The number of nitrogens with one attached hydrogen (secondary N) is 2. The van der Waals surface area contributed by atoms with Crippen molar-refractivity contribution in [1.82, 2.24) is 0 Å². The Bertz CT molecular complexity index is 522. The van der Waals surface area contributed by atoms with Gasteiger partial charge in [0.2, 0.25) is 5.91 Å². The van der Waals surface area contributed by atoms with E-state index in [2.05, 4.69) is 28.8 Å². The minimum absolute atomic E-state index is 0.0123. The topological polar surface area (TPSA) is 41.1 Å². The van der Waals surface area contributed by atoms with Crippen molar-refractivity contribution in [2.75, 3.05) is 10.6 Å². The molecule has 114 valence electrons. The molecule has 1 aromatic carbocycles. The van der Waals surface area contributed by atoms with E-state index >= 15 is 0 Å². The summed E-state index contributed by atoms with van der Waals surface area (Å²) < 4.78 is 0. The monoisotopic (exact) mass is 286 g/mol. The highest BCUT2D eigenvalue weighted by Gasteiger charge is 2.34. The first-order chi connectivity index (χ1) is 10.1. The number of rotatable bonds is 4. The van der Waals surface area contributed by atoms with Crippen molar-refractivity contribution in [3.8, 4) is 0 Å². The normalized spacial score (nSPS) is 25.4. The van der Waals surface area contributed by atoms with E-state index in [9.17, 15) is 4.79 Å². The van der Waals surface area contributed by atoms with Gasteiger partial charge in [-0.05, 0) is 62.1 Å². The van der Waals surface area contributed by atoms with Crippen LogP contribution in [0.2, 0.25) is 0 Å². The average molecular weight is 286 g/mol. The second-order valence-electron chi connectivity index (χ2n) is 6.82. The molecule has 2 aliphatic carbocycles. The van der Waals surface area contributed by atoms with E-state index in [0.29, 0.717) is 6.04 Å². The maximum absolute atomic E-state index is 11.3. The Morgan fingerprint density at radius 3 is 2.67 bits per heavy atom. The van der Waals surface area contributed by atoms with Gasteiger partial charge in [-0.3, -0.25) is 4.79 Å². The van der Waals surface area contributed by atoms with Crippen LogP contribution < -0.4 is 10.6 Å². The van der Waals surface area contributed by atoms with Crippen molar-refractivity contribution in [3.05, 3.63) is 23.8 Å². The number of aryl methyl sites for hydroxylation is 1. The summed E-state index contributed by atoms with van der Waals surface area (Å²) in [7, 11) is 0. The molecule has 2 fully saturated rings. The maximum atomic E-state index is 11.3. The highest BCUT2D eigenvalue weighted by Crippen LogP contribution is 2.44. The van der Waals surface area contributed by atoms with Crippen molar-refractivity contribution >= 4 is 17.3 Å². The Labute approximate surface area is 127 Å². The summed E-state index contributed by atoms with van der Waals surface area (Å²) in [6.07, 6.45) is 8.26. The minimum atomic E-state index is -0.0123. The van der Waals surface area contributed by atoms with Crippen LogP contribution in [0.3, 0.4) is 0 Å². The zero-order valence-corrected chi connectivity index (χ0v) is 13.1. The Balaban J connectivity index is 1.64. The van der Waals surface area contributed by atoms with Crippen LogP contribution in [0, 0.1) is 18.8 Å². The lowest BCUT2D eigenvalue weighted by molar-refractivity contribution is -0.114. The van der Waals surface area contributed by atoms with Gasteiger partial charge in [-0.1, -0.05) is 18.9 Å². The van der Waals surface area contributed by atoms with Crippen LogP contribution in [-0.4, -0.2) is 11.9 Å². The van der Waals surface area contributed by atoms with Crippen LogP contribution in [0.4, 0.5) is 11.4 Å². The summed E-state index contributed by atoms with van der Waals surface area (Å²) in [5.41, 5.74) is 3.16. The molecule has 0 bridgehead atoms. The fourth-order valence-corrected chi connectivity index (χ4v) is 3.63. The van der Waals surface area contributed by atoms with E-state index in [0.717, 1.165) is 28.8 Å². The van der Waals surface area contributed by atoms with Crippen LogP contribution in [0.5, 0.6) is 0 Å². The molecule has 2 atom stereocenters. The lowest BCUT2D eigenvalue weighted by Crippen LogP contribution is -2.28. The van der Waals surface area contributed by atoms with Gasteiger partial charge in [0.15, 0.2) is 0 Å². The molecular formula is C18H26N2O. The van der Waals surface area contributed by atoms with Gasteiger partial charge >= 0.3 is 0 Å². The molecule has 2 aliphatic rings. The molecular weight excluding hydrogens is 260 g/mol. The molecule has 0 aromatic heterocycles. The van der Waals surface area contributed by atoms with Gasteiger partial charge in [0, 0.05) is 24.3 Å². The smallest absolute Gasteiger partial charge is 0.221 e. The zero-order chi connectivity index (χ0) is 14.8. The Kier molecular flexibility index (Phi) is 4.18. The molecule has 0 spiro atoms. The maximum Gasteiger partial charge on any atom is 0.221 e. The number of amides is 1. The summed E-state index contributed by atoms with van der Waals surface area (Å²) in [5, 5.41) is 6.59. The molecule has 1 aromatic rings. The summed E-state index contributed by atoms with van der Waals surface area (Å²) >= 11 is 0. The predicted molar refractivity (Wildman–Crippen MR) is 87.6 cm³/mol. The Hall–Kier alpha value is -1.51. The van der Waals surface area contributed by atoms with Crippen molar-refractivity contribution in [2.24, 2.45) is 11.8 Å². The summed E-state index contributed by atoms with van der Waals surface area (Å²) in [6, 6.07) is 6.87. The van der Waals surface area contributed by atoms with Gasteiger partial charge in [0.05, 0.1) is 0 Å². The lowest BCUT2D eigenvalue weighted by atomic mass is 9.82. The average Bonchev–Trinajstić information content (AvgIpc) is 3.27. The van der Waals surface area contributed by atoms with E-state index in [1.165, 1.54) is 38.5 Å². The molecule has 0 heterocycles. The zero-order valence-electron chi connectivity index (χ0n) is 13.1. The van der Waals surface area contributed by atoms with Crippen molar-refractivity contribution < 1.29 is 4.79 Å². The quantitative estimate of drug-likeness (QED) is 0.864. The lowest BCUT2D eigenvalue weighted by Gasteiger charge is -2.30. The number of benzene rings is 1. The van der Waals surface area contributed by atoms with E-state index in [-0.39, 0.29) is 5.91 Å². The molecule has 3 rings (SSSR count). The molecule has 3 nitrogen and oxygen atoms in total. The molecule has 1 amide bonds. The molecule has 2 N–H and O–H groups in total. The number of carbonyl (C=O) groups is 1.